The van der Waals surface area contributed by atoms with Crippen LogP contribution >= 0.6 is 11.3 Å². The molecular weight excluding hydrogens is 286 g/mol. The predicted octanol–water partition coefficient (Wildman–Crippen LogP) is 4.06. The second-order valence-electron chi connectivity index (χ2n) is 5.04. The van der Waals surface area contributed by atoms with Crippen LogP contribution in [0.15, 0.2) is 23.6 Å². The number of Topliss-reactive ketones (excluding diaryl/α,β-unsaturated/α-hetero) is 1. The Bertz CT molecular complexity index is 634. The van der Waals surface area contributed by atoms with Gasteiger partial charge in [-0.25, -0.2) is 4.98 Å². The van der Waals surface area contributed by atoms with Crippen LogP contribution in [-0.4, -0.2) is 17.9 Å². The third-order valence-corrected chi connectivity index (χ3v) is 4.20. The molecule has 0 spiro atoms. The van der Waals surface area contributed by atoms with Crippen molar-refractivity contribution in [3.63, 3.8) is 0 Å². The quantitative estimate of drug-likeness (QED) is 0.755. The van der Waals surface area contributed by atoms with E-state index in [1.807, 2.05) is 5.38 Å². The molecule has 1 aromatic carbocycles. The van der Waals surface area contributed by atoms with E-state index in [2.05, 4.69) is 18.8 Å². The number of hydrogen-bond acceptors (Lipinski definition) is 5. The van der Waals surface area contributed by atoms with Crippen LogP contribution in [0.4, 0.5) is 0 Å². The Balaban J connectivity index is 2.15. The lowest BCUT2D eigenvalue weighted by Gasteiger charge is -2.10. The van der Waals surface area contributed by atoms with Crippen LogP contribution in [0.3, 0.4) is 0 Å². The molecule has 0 radical (unpaired) electrons. The molecule has 2 aromatic rings. The second-order valence-corrected chi connectivity index (χ2v) is 5.93. The van der Waals surface area contributed by atoms with Gasteiger partial charge in [0.15, 0.2) is 5.78 Å². The number of ketones is 1. The maximum atomic E-state index is 11.6. The van der Waals surface area contributed by atoms with E-state index < -0.39 is 0 Å². The molecule has 0 atom stereocenters. The predicted molar refractivity (Wildman–Crippen MR) is 83.5 cm³/mol. The van der Waals surface area contributed by atoms with E-state index in [1.165, 1.54) is 6.92 Å². The number of ether oxygens (including phenoxy) is 2. The Kier molecular flexibility index (Phi) is 4.96. The van der Waals surface area contributed by atoms with Gasteiger partial charge in [0.1, 0.15) is 18.1 Å². The van der Waals surface area contributed by atoms with Crippen molar-refractivity contribution in [2.45, 2.75) is 33.3 Å². The fourth-order valence-electron chi connectivity index (χ4n) is 1.85. The van der Waals surface area contributed by atoms with Crippen LogP contribution in [-0.2, 0) is 6.61 Å². The van der Waals surface area contributed by atoms with E-state index in [9.17, 15) is 4.79 Å². The summed E-state index contributed by atoms with van der Waals surface area (Å²) in [6.45, 7) is 6.09. The summed E-state index contributed by atoms with van der Waals surface area (Å²) in [7, 11) is 1.59. The number of thiazole rings is 1. The number of rotatable bonds is 6. The number of methoxy groups -OCH3 is 1. The van der Waals surface area contributed by atoms with Crippen molar-refractivity contribution in [3.8, 4) is 11.5 Å². The van der Waals surface area contributed by atoms with Gasteiger partial charge in [-0.05, 0) is 19.1 Å². The van der Waals surface area contributed by atoms with Crippen molar-refractivity contribution in [3.05, 3.63) is 39.8 Å². The SMILES string of the molecule is COc1ccc(C(C)=O)c(OCc2csc(C(C)C)n2)c1. The zero-order valence-corrected chi connectivity index (χ0v) is 13.5. The molecule has 0 saturated carbocycles. The van der Waals surface area contributed by atoms with Crippen molar-refractivity contribution in [1.82, 2.24) is 4.98 Å². The van der Waals surface area contributed by atoms with Gasteiger partial charge in [-0.2, -0.15) is 0 Å². The van der Waals surface area contributed by atoms with E-state index in [0.717, 1.165) is 10.7 Å². The summed E-state index contributed by atoms with van der Waals surface area (Å²) in [5.74, 6) is 1.57. The number of carbonyl (C=O) groups excluding carboxylic acids is 1. The molecule has 1 aromatic heterocycles. The Morgan fingerprint density at radius 2 is 2.14 bits per heavy atom. The minimum absolute atomic E-state index is 0.0335. The van der Waals surface area contributed by atoms with Crippen LogP contribution in [0.5, 0.6) is 11.5 Å². The molecule has 5 heteroatoms. The molecule has 1 heterocycles. The van der Waals surface area contributed by atoms with Crippen LogP contribution in [0.2, 0.25) is 0 Å². The van der Waals surface area contributed by atoms with E-state index in [0.29, 0.717) is 29.6 Å². The number of aromatic nitrogens is 1. The van der Waals surface area contributed by atoms with Crippen LogP contribution < -0.4 is 9.47 Å². The Morgan fingerprint density at radius 1 is 1.38 bits per heavy atom. The molecule has 0 aliphatic rings. The summed E-state index contributed by atoms with van der Waals surface area (Å²) in [4.78, 5) is 16.2. The fourth-order valence-corrected chi connectivity index (χ4v) is 2.67. The second kappa shape index (κ2) is 6.72. The lowest BCUT2D eigenvalue weighted by atomic mass is 10.1. The fraction of sp³-hybridized carbons (Fsp3) is 0.375. The molecule has 0 aliphatic carbocycles. The van der Waals surface area contributed by atoms with Crippen molar-refractivity contribution < 1.29 is 14.3 Å². The average Bonchev–Trinajstić information content (AvgIpc) is 2.93. The molecular formula is C16H19NO3S. The zero-order valence-electron chi connectivity index (χ0n) is 12.7. The van der Waals surface area contributed by atoms with Gasteiger partial charge < -0.3 is 9.47 Å². The summed E-state index contributed by atoms with van der Waals surface area (Å²) in [5, 5.41) is 3.08. The molecule has 0 unspecified atom stereocenters. The average molecular weight is 305 g/mol. The van der Waals surface area contributed by atoms with Crippen molar-refractivity contribution in [1.29, 1.82) is 0 Å². The standard InChI is InChI=1S/C16H19NO3S/c1-10(2)16-17-12(9-21-16)8-20-15-7-13(19-4)5-6-14(15)11(3)18/h5-7,9-10H,8H2,1-4H3. The van der Waals surface area contributed by atoms with Gasteiger partial charge in [0.05, 0.1) is 23.4 Å². The molecule has 0 saturated heterocycles. The first-order chi connectivity index (χ1) is 10.0. The first kappa shape index (κ1) is 15.5. The molecule has 21 heavy (non-hydrogen) atoms. The molecule has 0 fully saturated rings. The number of benzene rings is 1. The van der Waals surface area contributed by atoms with Crippen LogP contribution in [0.25, 0.3) is 0 Å². The van der Waals surface area contributed by atoms with Gasteiger partial charge in [-0.1, -0.05) is 13.8 Å². The molecule has 2 rings (SSSR count). The van der Waals surface area contributed by atoms with E-state index in [-0.39, 0.29) is 5.78 Å². The summed E-state index contributed by atoms with van der Waals surface area (Å²) in [6.07, 6.45) is 0. The third kappa shape index (κ3) is 3.82. The van der Waals surface area contributed by atoms with Gasteiger partial charge in [-0.15, -0.1) is 11.3 Å². The van der Waals surface area contributed by atoms with Gasteiger partial charge in [0.2, 0.25) is 0 Å². The highest BCUT2D eigenvalue weighted by molar-refractivity contribution is 7.09. The minimum atomic E-state index is -0.0335. The van der Waals surface area contributed by atoms with E-state index in [4.69, 9.17) is 9.47 Å². The maximum Gasteiger partial charge on any atom is 0.163 e. The zero-order chi connectivity index (χ0) is 15.4. The molecule has 112 valence electrons. The van der Waals surface area contributed by atoms with Crippen molar-refractivity contribution in [2.24, 2.45) is 0 Å². The number of carbonyl (C=O) groups is 1. The summed E-state index contributed by atoms with van der Waals surface area (Å²) >= 11 is 1.63. The minimum Gasteiger partial charge on any atom is -0.497 e. The molecule has 0 amide bonds. The smallest absolute Gasteiger partial charge is 0.163 e. The Labute approximate surface area is 128 Å². The van der Waals surface area contributed by atoms with E-state index >= 15 is 0 Å². The third-order valence-electron chi connectivity index (χ3n) is 3.01. The van der Waals surface area contributed by atoms with Crippen molar-refractivity contribution >= 4 is 17.1 Å². The lowest BCUT2D eigenvalue weighted by Crippen LogP contribution is -2.02. The van der Waals surface area contributed by atoms with Gasteiger partial charge in [0, 0.05) is 17.4 Å². The monoisotopic (exact) mass is 305 g/mol. The Morgan fingerprint density at radius 3 is 2.71 bits per heavy atom. The van der Waals surface area contributed by atoms with E-state index in [1.54, 1.807) is 36.6 Å². The first-order valence-corrected chi connectivity index (χ1v) is 7.65. The first-order valence-electron chi connectivity index (χ1n) is 6.77. The highest BCUT2D eigenvalue weighted by Gasteiger charge is 2.12. The highest BCUT2D eigenvalue weighted by Crippen LogP contribution is 2.27. The number of hydrogen-bond donors (Lipinski definition) is 0. The van der Waals surface area contributed by atoms with Crippen LogP contribution in [0.1, 0.15) is 47.7 Å². The summed E-state index contributed by atoms with van der Waals surface area (Å²) < 4.78 is 10.9. The highest BCUT2D eigenvalue weighted by atomic mass is 32.1. The molecule has 4 nitrogen and oxygen atoms in total. The van der Waals surface area contributed by atoms with Crippen LogP contribution in [0, 0.1) is 0 Å². The molecule has 0 aliphatic heterocycles. The topological polar surface area (TPSA) is 48.4 Å². The summed E-state index contributed by atoms with van der Waals surface area (Å²) in [5.41, 5.74) is 1.43. The normalized spacial score (nSPS) is 10.7. The van der Waals surface area contributed by atoms with Crippen molar-refractivity contribution in [2.75, 3.05) is 7.11 Å². The Hall–Kier alpha value is -1.88. The molecule has 0 bridgehead atoms. The number of nitrogens with zero attached hydrogens (tertiary/aromatic N) is 1. The lowest BCUT2D eigenvalue weighted by molar-refractivity contribution is 0.101. The van der Waals surface area contributed by atoms with Gasteiger partial charge >= 0.3 is 0 Å². The maximum absolute atomic E-state index is 11.6. The summed E-state index contributed by atoms with van der Waals surface area (Å²) in [6, 6.07) is 5.20. The largest absolute Gasteiger partial charge is 0.497 e. The molecule has 0 N–H and O–H groups in total. The van der Waals surface area contributed by atoms with Gasteiger partial charge in [-0.3, -0.25) is 4.79 Å². The van der Waals surface area contributed by atoms with Gasteiger partial charge in [0.25, 0.3) is 0 Å².